The lowest BCUT2D eigenvalue weighted by molar-refractivity contribution is -0.183. The van der Waals surface area contributed by atoms with Crippen LogP contribution in [-0.2, 0) is 24.5 Å². The number of ether oxygens (including phenoxy) is 3. The van der Waals surface area contributed by atoms with Crippen molar-refractivity contribution in [2.24, 2.45) is 22.7 Å². The fraction of sp³-hybridized carbons (Fsp3) is 0.655. The molecule has 2 unspecified atom stereocenters. The van der Waals surface area contributed by atoms with Gasteiger partial charge in [-0.1, -0.05) is 46.8 Å². The van der Waals surface area contributed by atoms with Crippen LogP contribution in [0.25, 0.3) is 5.57 Å². The predicted octanol–water partition coefficient (Wildman–Crippen LogP) is 5.84. The normalized spacial score (nSPS) is 36.4. The van der Waals surface area contributed by atoms with E-state index >= 15 is 0 Å². The van der Waals surface area contributed by atoms with Crippen molar-refractivity contribution in [3.8, 4) is 5.75 Å². The van der Waals surface area contributed by atoms with Crippen LogP contribution in [0.2, 0.25) is 0 Å². The summed E-state index contributed by atoms with van der Waals surface area (Å²) >= 11 is 0. The molecule has 3 fully saturated rings. The summed E-state index contributed by atoms with van der Waals surface area (Å²) in [4.78, 5) is 26.0. The monoisotopic (exact) mass is 466 g/mol. The van der Waals surface area contributed by atoms with E-state index in [1.54, 1.807) is 0 Å². The molecule has 0 N–H and O–H groups in total. The minimum Gasteiger partial charge on any atom is -0.483 e. The van der Waals surface area contributed by atoms with E-state index in [4.69, 9.17) is 14.2 Å². The summed E-state index contributed by atoms with van der Waals surface area (Å²) in [7, 11) is 0. The van der Waals surface area contributed by atoms with Crippen molar-refractivity contribution in [2.45, 2.75) is 91.3 Å². The molecule has 0 spiro atoms. The Morgan fingerprint density at radius 1 is 1.12 bits per heavy atom. The fourth-order valence-electron chi connectivity index (χ4n) is 6.59. The Kier molecular flexibility index (Phi) is 4.75. The van der Waals surface area contributed by atoms with Gasteiger partial charge in [0.25, 0.3) is 0 Å². The van der Waals surface area contributed by atoms with Crippen LogP contribution in [0.15, 0.2) is 24.3 Å². The molecule has 0 aromatic heterocycles. The van der Waals surface area contributed by atoms with Gasteiger partial charge in [-0.3, -0.25) is 4.79 Å². The van der Waals surface area contributed by atoms with E-state index in [0.717, 1.165) is 23.3 Å². The number of carbonyl (C=O) groups excluding carboxylic acids is 2. The minimum atomic E-state index is -1.18. The smallest absolute Gasteiger partial charge is 0.351 e. The zero-order chi connectivity index (χ0) is 24.9. The van der Waals surface area contributed by atoms with Crippen LogP contribution in [0.4, 0.5) is 0 Å². The second-order valence-electron chi connectivity index (χ2n) is 12.7. The first-order chi connectivity index (χ1) is 15.7. The lowest BCUT2D eigenvalue weighted by Crippen LogP contribution is -2.49. The van der Waals surface area contributed by atoms with Crippen LogP contribution in [0.3, 0.4) is 0 Å². The Bertz CT molecular complexity index is 1110. The highest BCUT2D eigenvalue weighted by Gasteiger charge is 2.76. The van der Waals surface area contributed by atoms with Gasteiger partial charge in [-0.15, -0.1) is 0 Å². The lowest BCUT2D eigenvalue weighted by Gasteiger charge is -2.35. The number of hydrogen-bond donors (Lipinski definition) is 0. The third-order valence-corrected chi connectivity index (χ3v) is 9.69. The van der Waals surface area contributed by atoms with Crippen LogP contribution < -0.4 is 4.74 Å². The number of allylic oxidation sites excluding steroid dienone is 1. The van der Waals surface area contributed by atoms with Crippen molar-refractivity contribution >= 4 is 17.5 Å². The lowest BCUT2D eigenvalue weighted by atomic mass is 9.66. The molecule has 4 aliphatic rings. The Morgan fingerprint density at radius 3 is 2.32 bits per heavy atom. The molecule has 0 radical (unpaired) electrons. The molecule has 1 saturated heterocycles. The number of rotatable bonds is 5. The molecule has 5 rings (SSSR count). The Morgan fingerprint density at radius 2 is 1.79 bits per heavy atom. The highest BCUT2D eigenvalue weighted by atomic mass is 16.6. The zero-order valence-corrected chi connectivity index (χ0v) is 21.8. The first-order valence-electron chi connectivity index (χ1n) is 12.7. The van der Waals surface area contributed by atoms with Gasteiger partial charge in [0.1, 0.15) is 18.0 Å². The summed E-state index contributed by atoms with van der Waals surface area (Å²) < 4.78 is 18.1. The summed E-state index contributed by atoms with van der Waals surface area (Å²) in [5.41, 5.74) is 0.566. The van der Waals surface area contributed by atoms with E-state index in [0.29, 0.717) is 24.7 Å². The number of fused-ring (bicyclic) bond motifs is 3. The van der Waals surface area contributed by atoms with E-state index in [2.05, 4.69) is 58.9 Å². The highest BCUT2D eigenvalue weighted by Crippen LogP contribution is 2.66. The molecule has 4 atom stereocenters. The molecule has 2 saturated carbocycles. The third-order valence-electron chi connectivity index (χ3n) is 9.69. The van der Waals surface area contributed by atoms with Gasteiger partial charge in [0.15, 0.2) is 0 Å². The van der Waals surface area contributed by atoms with Crippen LogP contribution in [-0.4, -0.2) is 29.7 Å². The van der Waals surface area contributed by atoms with Gasteiger partial charge in [-0.25, -0.2) is 4.79 Å². The highest BCUT2D eigenvalue weighted by molar-refractivity contribution is 5.93. The molecule has 2 aliphatic heterocycles. The largest absolute Gasteiger partial charge is 0.483 e. The maximum atomic E-state index is 13.4. The summed E-state index contributed by atoms with van der Waals surface area (Å²) in [6.07, 6.45) is 4.34. The molecule has 184 valence electrons. The van der Waals surface area contributed by atoms with Crippen molar-refractivity contribution in [3.05, 3.63) is 35.4 Å². The van der Waals surface area contributed by atoms with E-state index in [-0.39, 0.29) is 23.6 Å². The first-order valence-corrected chi connectivity index (χ1v) is 12.7. The summed E-state index contributed by atoms with van der Waals surface area (Å²) in [5.74, 6) is 1.01. The van der Waals surface area contributed by atoms with Gasteiger partial charge >= 0.3 is 11.9 Å². The molecule has 0 amide bonds. The van der Waals surface area contributed by atoms with Gasteiger partial charge in [0.05, 0.1) is 5.41 Å². The summed E-state index contributed by atoms with van der Waals surface area (Å²) in [5, 5.41) is 0. The molecule has 2 aliphatic carbocycles. The molecule has 34 heavy (non-hydrogen) atoms. The molecular weight excluding hydrogens is 428 g/mol. The van der Waals surface area contributed by atoms with E-state index in [1.165, 1.54) is 5.57 Å². The number of benzene rings is 1. The van der Waals surface area contributed by atoms with Crippen molar-refractivity contribution in [1.82, 2.24) is 0 Å². The molecule has 5 nitrogen and oxygen atoms in total. The minimum absolute atomic E-state index is 0.233. The number of esters is 2. The van der Waals surface area contributed by atoms with Gasteiger partial charge < -0.3 is 14.2 Å². The molecule has 2 bridgehead atoms. The molecule has 2 heterocycles. The standard InChI is InChI=1S/C29H38O5/c1-17(2)21-15-25(4,5)33-22-13-19(9-10-20(21)22)28(14-18(28)3)16-32-24(31)29-12-11-27(8,23(30)34-29)26(29,6)7/h9-10,13,15,17-18H,11-12,14,16H2,1-8H3/t18-,27?,28+,29?/m0/s1. The molecule has 1 aromatic rings. The van der Waals surface area contributed by atoms with E-state index < -0.39 is 22.4 Å². The van der Waals surface area contributed by atoms with Gasteiger partial charge in [-0.2, -0.15) is 0 Å². The average molecular weight is 467 g/mol. The van der Waals surface area contributed by atoms with Crippen molar-refractivity contribution in [3.63, 3.8) is 0 Å². The molecule has 1 aromatic carbocycles. The first kappa shape index (κ1) is 23.4. The van der Waals surface area contributed by atoms with Crippen molar-refractivity contribution < 1.29 is 23.8 Å². The maximum Gasteiger partial charge on any atom is 0.351 e. The second kappa shape index (κ2) is 6.89. The number of hydrogen-bond acceptors (Lipinski definition) is 5. The van der Waals surface area contributed by atoms with Gasteiger partial charge in [-0.05, 0) is 75.1 Å². The van der Waals surface area contributed by atoms with E-state index in [1.807, 2.05) is 20.8 Å². The Labute approximate surface area is 203 Å². The second-order valence-corrected chi connectivity index (χ2v) is 12.7. The predicted molar refractivity (Wildman–Crippen MR) is 130 cm³/mol. The van der Waals surface area contributed by atoms with Crippen molar-refractivity contribution in [2.75, 3.05) is 6.61 Å². The zero-order valence-electron chi connectivity index (χ0n) is 21.8. The maximum absolute atomic E-state index is 13.4. The van der Waals surface area contributed by atoms with Crippen LogP contribution in [0, 0.1) is 22.7 Å². The molecule has 5 heteroatoms. The fourth-order valence-corrected chi connectivity index (χ4v) is 6.59. The number of carbonyl (C=O) groups is 2. The summed E-state index contributed by atoms with van der Waals surface area (Å²) in [6.45, 7) is 16.9. The Balaban J connectivity index is 1.40. The quantitative estimate of drug-likeness (QED) is 0.510. The van der Waals surface area contributed by atoms with Crippen LogP contribution >= 0.6 is 0 Å². The molecular formula is C29H38O5. The van der Waals surface area contributed by atoms with Gasteiger partial charge in [0.2, 0.25) is 5.60 Å². The SMILES string of the molecule is CC(C)C1=CC(C)(C)Oc2cc([C@@]3(COC(=O)C45CCC(C)(C(=O)O4)C5(C)C)C[C@@H]3C)ccc21. The Hall–Kier alpha value is -2.30. The van der Waals surface area contributed by atoms with E-state index in [9.17, 15) is 9.59 Å². The van der Waals surface area contributed by atoms with Gasteiger partial charge in [0, 0.05) is 16.4 Å². The van der Waals surface area contributed by atoms with Crippen LogP contribution in [0.1, 0.15) is 85.8 Å². The average Bonchev–Trinajstić information content (AvgIpc) is 3.32. The third kappa shape index (κ3) is 2.91. The van der Waals surface area contributed by atoms with Crippen molar-refractivity contribution in [1.29, 1.82) is 0 Å². The van der Waals surface area contributed by atoms with Crippen LogP contribution in [0.5, 0.6) is 5.75 Å². The topological polar surface area (TPSA) is 61.8 Å². The summed E-state index contributed by atoms with van der Waals surface area (Å²) in [6, 6.07) is 6.47.